The summed E-state index contributed by atoms with van der Waals surface area (Å²) in [4.78, 5) is 27.6. The number of thiazole rings is 1. The molecule has 0 aliphatic carbocycles. The molecule has 31 heavy (non-hydrogen) atoms. The predicted molar refractivity (Wildman–Crippen MR) is 126 cm³/mol. The van der Waals surface area contributed by atoms with E-state index in [4.69, 9.17) is 9.72 Å². The first-order chi connectivity index (χ1) is 14.7. The van der Waals surface area contributed by atoms with Crippen molar-refractivity contribution < 1.29 is 19.1 Å². The molecular weight excluding hydrogens is 412 g/mol. The lowest BCUT2D eigenvalue weighted by molar-refractivity contribution is -0.149. The topological polar surface area (TPSA) is 77.5 Å². The number of methoxy groups -OCH3 is 1. The molecule has 0 radical (unpaired) electrons. The van der Waals surface area contributed by atoms with Crippen LogP contribution in [0.2, 0.25) is 0 Å². The van der Waals surface area contributed by atoms with Gasteiger partial charge in [-0.2, -0.15) is 0 Å². The second kappa shape index (κ2) is 13.6. The van der Waals surface area contributed by atoms with Gasteiger partial charge in [-0.05, 0) is 26.7 Å². The normalized spacial score (nSPS) is 12.6. The zero-order chi connectivity index (χ0) is 23.3. The summed E-state index contributed by atoms with van der Waals surface area (Å²) in [6.07, 6.45) is 11.7. The average Bonchev–Trinajstić information content (AvgIpc) is 3.20. The smallest absolute Gasteiger partial charge is 0.406 e. The number of carbonyl (C=O) groups excluding carboxylic acids is 2. The fourth-order valence-electron chi connectivity index (χ4n) is 2.76. The zero-order valence-electron chi connectivity index (χ0n) is 19.0. The first-order valence-corrected chi connectivity index (χ1v) is 11.1. The van der Waals surface area contributed by atoms with Crippen LogP contribution in [0.15, 0.2) is 54.5 Å². The van der Waals surface area contributed by atoms with Crippen LogP contribution in [0, 0.1) is 0 Å². The van der Waals surface area contributed by atoms with E-state index in [1.54, 1.807) is 11.3 Å². The van der Waals surface area contributed by atoms with Gasteiger partial charge in [0.15, 0.2) is 0 Å². The van der Waals surface area contributed by atoms with Crippen LogP contribution in [0.25, 0.3) is 0 Å². The Hall–Kier alpha value is -2.67. The summed E-state index contributed by atoms with van der Waals surface area (Å²) in [7, 11) is 1.33. The molecule has 0 fully saturated rings. The number of hydrogen-bond donors (Lipinski definition) is 1. The monoisotopic (exact) mass is 446 g/mol. The van der Waals surface area contributed by atoms with E-state index in [1.807, 2.05) is 37.5 Å². The summed E-state index contributed by atoms with van der Waals surface area (Å²) in [5, 5.41) is 5.59. The molecule has 170 valence electrons. The lowest BCUT2D eigenvalue weighted by atomic mass is 9.85. The molecule has 0 bridgehead atoms. The van der Waals surface area contributed by atoms with Gasteiger partial charge in [0.25, 0.3) is 0 Å². The molecule has 0 saturated carbocycles. The molecule has 1 rings (SSSR count). The van der Waals surface area contributed by atoms with Crippen LogP contribution >= 0.6 is 11.3 Å². The fraction of sp³-hybridized carbons (Fsp3) is 0.458. The molecule has 6 nitrogen and oxygen atoms in total. The van der Waals surface area contributed by atoms with Gasteiger partial charge in [0.05, 0.1) is 18.2 Å². The average molecular weight is 447 g/mol. The van der Waals surface area contributed by atoms with Gasteiger partial charge in [0.1, 0.15) is 11.1 Å². The van der Waals surface area contributed by atoms with Crippen molar-refractivity contribution in [2.75, 3.05) is 13.7 Å². The van der Waals surface area contributed by atoms with E-state index < -0.39 is 11.5 Å². The molecule has 1 amide bonds. The third-order valence-corrected chi connectivity index (χ3v) is 5.85. The van der Waals surface area contributed by atoms with Crippen molar-refractivity contribution in [2.45, 2.75) is 58.0 Å². The van der Waals surface area contributed by atoms with Gasteiger partial charge >= 0.3 is 12.1 Å². The van der Waals surface area contributed by atoms with E-state index >= 15 is 0 Å². The Morgan fingerprint density at radius 3 is 2.71 bits per heavy atom. The SMILES string of the molecule is C=CC/C=C\Cc1csc(C(C)(C)[C@@H](C/C=C\C(=C)CCNC(=O)OC)OC(C)=O)n1. The Labute approximate surface area is 189 Å². The van der Waals surface area contributed by atoms with Gasteiger partial charge in [-0.25, -0.2) is 9.78 Å². The number of alkyl carbamates (subject to hydrolysis) is 1. The minimum atomic E-state index is -0.465. The lowest BCUT2D eigenvalue weighted by Gasteiger charge is -2.31. The minimum Gasteiger partial charge on any atom is -0.461 e. The highest BCUT2D eigenvalue weighted by Gasteiger charge is 2.35. The molecule has 1 aromatic heterocycles. The number of rotatable bonds is 13. The molecule has 1 aromatic rings. The van der Waals surface area contributed by atoms with E-state index in [9.17, 15) is 9.59 Å². The van der Waals surface area contributed by atoms with Crippen molar-refractivity contribution in [3.63, 3.8) is 0 Å². The molecule has 0 aliphatic heterocycles. The molecule has 1 atom stereocenters. The molecule has 7 heteroatoms. The number of carbonyl (C=O) groups is 2. The molecule has 1 N–H and O–H groups in total. The number of hydrogen-bond acceptors (Lipinski definition) is 6. The van der Waals surface area contributed by atoms with E-state index in [0.717, 1.165) is 29.1 Å². The summed E-state index contributed by atoms with van der Waals surface area (Å²) < 4.78 is 10.2. The van der Waals surface area contributed by atoms with Crippen molar-refractivity contribution in [3.8, 4) is 0 Å². The maximum absolute atomic E-state index is 11.7. The number of esters is 1. The maximum atomic E-state index is 11.7. The van der Waals surface area contributed by atoms with Gasteiger partial charge in [0.2, 0.25) is 0 Å². The zero-order valence-corrected chi connectivity index (χ0v) is 19.8. The predicted octanol–water partition coefficient (Wildman–Crippen LogP) is 5.28. The largest absolute Gasteiger partial charge is 0.461 e. The quantitative estimate of drug-likeness (QED) is 0.253. The molecule has 0 unspecified atom stereocenters. The second-order valence-electron chi connectivity index (χ2n) is 7.63. The molecule has 1 heterocycles. The maximum Gasteiger partial charge on any atom is 0.406 e. The standard InChI is InChI=1S/C24H34N2O4S/c1-7-8-9-10-13-20-17-31-22(26-20)24(4,5)21(30-19(3)27)14-11-12-18(2)15-16-25-23(28)29-6/h7,9-12,17,21H,1-2,8,13-16H2,3-6H3,(H,25,28)/b10-9-,12-11-/t21-/m1/s1. The van der Waals surface area contributed by atoms with Crippen LogP contribution in [-0.4, -0.2) is 36.8 Å². The van der Waals surface area contributed by atoms with E-state index in [0.29, 0.717) is 19.4 Å². The number of amides is 1. The molecule has 0 saturated heterocycles. The summed E-state index contributed by atoms with van der Waals surface area (Å²) in [5.41, 5.74) is 1.41. The number of nitrogens with zero attached hydrogens (tertiary/aromatic N) is 1. The number of allylic oxidation sites excluding steroid dienone is 4. The van der Waals surface area contributed by atoms with Crippen molar-refractivity contribution in [1.29, 1.82) is 0 Å². The van der Waals surface area contributed by atoms with Gasteiger partial charge < -0.3 is 14.8 Å². The summed E-state index contributed by atoms with van der Waals surface area (Å²) in [6, 6.07) is 0. The number of nitrogens with one attached hydrogen (secondary N) is 1. The fourth-order valence-corrected chi connectivity index (χ4v) is 3.76. The van der Waals surface area contributed by atoms with Crippen LogP contribution in [-0.2, 0) is 26.1 Å². The Morgan fingerprint density at radius 1 is 1.32 bits per heavy atom. The minimum absolute atomic E-state index is 0.322. The third-order valence-electron chi connectivity index (χ3n) is 4.62. The number of aromatic nitrogens is 1. The van der Waals surface area contributed by atoms with Crippen molar-refractivity contribution in [3.05, 3.63) is 65.2 Å². The Kier molecular flexibility index (Phi) is 11.6. The first-order valence-electron chi connectivity index (χ1n) is 10.2. The van der Waals surface area contributed by atoms with Crippen molar-refractivity contribution >= 4 is 23.4 Å². The van der Waals surface area contributed by atoms with Crippen LogP contribution in [0.1, 0.15) is 50.7 Å². The van der Waals surface area contributed by atoms with Crippen LogP contribution in [0.3, 0.4) is 0 Å². The molecule has 0 aliphatic rings. The van der Waals surface area contributed by atoms with E-state index in [1.165, 1.54) is 14.0 Å². The highest BCUT2D eigenvalue weighted by atomic mass is 32.1. The Balaban J connectivity index is 2.77. The number of ether oxygens (including phenoxy) is 2. The third kappa shape index (κ3) is 9.79. The van der Waals surface area contributed by atoms with Crippen LogP contribution < -0.4 is 5.32 Å². The van der Waals surface area contributed by atoms with E-state index in [-0.39, 0.29) is 12.1 Å². The Morgan fingerprint density at radius 2 is 2.06 bits per heavy atom. The molecule has 0 aromatic carbocycles. The highest BCUT2D eigenvalue weighted by molar-refractivity contribution is 7.09. The first kappa shape index (κ1) is 26.4. The molecule has 0 spiro atoms. The second-order valence-corrected chi connectivity index (χ2v) is 8.49. The van der Waals surface area contributed by atoms with Crippen LogP contribution in [0.5, 0.6) is 0 Å². The molecular formula is C24H34N2O4S. The Bertz CT molecular complexity index is 808. The van der Waals surface area contributed by atoms with Crippen molar-refractivity contribution in [1.82, 2.24) is 10.3 Å². The lowest BCUT2D eigenvalue weighted by Crippen LogP contribution is -2.37. The van der Waals surface area contributed by atoms with E-state index in [2.05, 4.69) is 35.4 Å². The summed E-state index contributed by atoms with van der Waals surface area (Å²) in [5.74, 6) is -0.322. The van der Waals surface area contributed by atoms with Gasteiger partial charge in [-0.1, -0.05) is 42.5 Å². The van der Waals surface area contributed by atoms with Crippen LogP contribution in [0.4, 0.5) is 4.79 Å². The van der Waals surface area contributed by atoms with Gasteiger partial charge in [-0.3, -0.25) is 4.79 Å². The highest BCUT2D eigenvalue weighted by Crippen LogP contribution is 2.34. The summed E-state index contributed by atoms with van der Waals surface area (Å²) in [6.45, 7) is 13.6. The summed E-state index contributed by atoms with van der Waals surface area (Å²) >= 11 is 1.58. The van der Waals surface area contributed by atoms with Crippen molar-refractivity contribution in [2.24, 2.45) is 0 Å². The van der Waals surface area contributed by atoms with Gasteiger partial charge in [-0.15, -0.1) is 17.9 Å². The van der Waals surface area contributed by atoms with Gasteiger partial charge in [0, 0.05) is 31.7 Å².